The first-order valence-electron chi connectivity index (χ1n) is 9.03. The molecule has 12 nitrogen and oxygen atoms in total. The fraction of sp³-hybridized carbons (Fsp3) is 0.400. The van der Waals surface area contributed by atoms with Crippen LogP contribution in [0.25, 0.3) is 11.1 Å². The third kappa shape index (κ3) is 3.53. The Hall–Kier alpha value is -3.96. The normalized spacial score (nSPS) is 10.4. The van der Waals surface area contributed by atoms with E-state index in [1.54, 1.807) is 0 Å². The summed E-state index contributed by atoms with van der Waals surface area (Å²) in [7, 11) is 9.97. The van der Waals surface area contributed by atoms with Crippen molar-refractivity contribution in [3.63, 3.8) is 0 Å². The van der Waals surface area contributed by atoms with Crippen LogP contribution in [-0.4, -0.2) is 75.7 Å². The van der Waals surface area contributed by atoms with E-state index in [4.69, 9.17) is 28.4 Å². The van der Waals surface area contributed by atoms with Crippen molar-refractivity contribution in [2.75, 3.05) is 42.7 Å². The number of nitrogens with zero attached hydrogens (tertiary/aromatic N) is 2. The van der Waals surface area contributed by atoms with Crippen LogP contribution < -0.4 is 9.47 Å². The molecule has 0 fully saturated rings. The zero-order valence-corrected chi connectivity index (χ0v) is 19.0. The lowest BCUT2D eigenvalue weighted by atomic mass is 10.0. The maximum atomic E-state index is 12.7. The Balaban J connectivity index is 3.22. The highest BCUT2D eigenvalue weighted by Crippen LogP contribution is 2.47. The summed E-state index contributed by atoms with van der Waals surface area (Å²) in [5.74, 6) is -3.54. The third-order valence-electron chi connectivity index (χ3n) is 4.87. The van der Waals surface area contributed by atoms with Gasteiger partial charge in [-0.3, -0.25) is 0 Å². The second-order valence-corrected chi connectivity index (χ2v) is 6.30. The fourth-order valence-electron chi connectivity index (χ4n) is 3.50. The van der Waals surface area contributed by atoms with E-state index in [1.165, 1.54) is 37.4 Å². The molecule has 0 unspecified atom stereocenters. The first kappa shape index (κ1) is 24.3. The molecule has 0 aliphatic rings. The van der Waals surface area contributed by atoms with Gasteiger partial charge in [-0.25, -0.2) is 19.2 Å². The van der Waals surface area contributed by atoms with E-state index in [2.05, 4.69) is 0 Å². The highest BCUT2D eigenvalue weighted by atomic mass is 16.5. The van der Waals surface area contributed by atoms with E-state index in [0.29, 0.717) is 0 Å². The number of aromatic nitrogens is 2. The molecule has 2 rings (SSSR count). The van der Waals surface area contributed by atoms with E-state index in [0.717, 1.165) is 28.4 Å². The Labute approximate surface area is 183 Å². The maximum Gasteiger partial charge on any atom is 0.358 e. The van der Waals surface area contributed by atoms with Gasteiger partial charge in [0.05, 0.1) is 53.8 Å². The molecule has 0 aliphatic heterocycles. The summed E-state index contributed by atoms with van der Waals surface area (Å²) < 4.78 is 32.7. The van der Waals surface area contributed by atoms with Crippen molar-refractivity contribution in [1.82, 2.24) is 9.13 Å². The molecule has 0 aromatic carbocycles. The van der Waals surface area contributed by atoms with Gasteiger partial charge >= 0.3 is 23.9 Å². The molecule has 0 radical (unpaired) electrons. The first-order chi connectivity index (χ1) is 15.2. The molecule has 0 saturated carbocycles. The summed E-state index contributed by atoms with van der Waals surface area (Å²) in [6.45, 7) is 0. The molecule has 174 valence electrons. The Bertz CT molecular complexity index is 1010. The van der Waals surface area contributed by atoms with Crippen molar-refractivity contribution in [3.05, 3.63) is 22.8 Å². The van der Waals surface area contributed by atoms with Gasteiger partial charge in [0.25, 0.3) is 0 Å². The van der Waals surface area contributed by atoms with E-state index < -0.39 is 23.9 Å². The number of carbonyl (C=O) groups excluding carboxylic acids is 4. The van der Waals surface area contributed by atoms with E-state index in [1.807, 2.05) is 0 Å². The second kappa shape index (κ2) is 9.45. The predicted molar refractivity (Wildman–Crippen MR) is 108 cm³/mol. The molecular weight excluding hydrogens is 428 g/mol. The molecule has 0 N–H and O–H groups in total. The summed E-state index contributed by atoms with van der Waals surface area (Å²) in [5.41, 5.74) is -0.653. The lowest BCUT2D eigenvalue weighted by molar-refractivity contribution is 0.0560. The van der Waals surface area contributed by atoms with Gasteiger partial charge in [-0.2, -0.15) is 0 Å². The number of rotatable bonds is 7. The van der Waals surface area contributed by atoms with Gasteiger partial charge in [0.15, 0.2) is 22.9 Å². The van der Waals surface area contributed by atoms with E-state index in [-0.39, 0.29) is 45.4 Å². The Morgan fingerprint density at radius 3 is 0.969 bits per heavy atom. The third-order valence-corrected chi connectivity index (χ3v) is 4.87. The lowest BCUT2D eigenvalue weighted by Crippen LogP contribution is -2.15. The van der Waals surface area contributed by atoms with Crippen molar-refractivity contribution in [2.24, 2.45) is 14.1 Å². The summed E-state index contributed by atoms with van der Waals surface area (Å²) in [6, 6.07) is 0. The van der Waals surface area contributed by atoms with Crippen LogP contribution in [0.15, 0.2) is 0 Å². The molecule has 0 atom stereocenters. The largest absolute Gasteiger partial charge is 0.494 e. The SMILES string of the molecule is COC(=O)c1c(OC)c(-c2c(OC)c(C(=O)OC)n(C)c2C(=O)OC)c(C(=O)OC)n1C. The molecule has 2 aromatic heterocycles. The summed E-state index contributed by atoms with van der Waals surface area (Å²) in [5, 5.41) is 0. The summed E-state index contributed by atoms with van der Waals surface area (Å²) >= 11 is 0. The maximum absolute atomic E-state index is 12.7. The van der Waals surface area contributed by atoms with Crippen molar-refractivity contribution >= 4 is 23.9 Å². The van der Waals surface area contributed by atoms with Crippen molar-refractivity contribution in [2.45, 2.75) is 0 Å². The minimum Gasteiger partial charge on any atom is -0.494 e. The zero-order valence-electron chi connectivity index (χ0n) is 19.0. The summed E-state index contributed by atoms with van der Waals surface area (Å²) in [4.78, 5) is 50.5. The van der Waals surface area contributed by atoms with Gasteiger partial charge in [0.2, 0.25) is 0 Å². The van der Waals surface area contributed by atoms with Crippen LogP contribution in [-0.2, 0) is 33.0 Å². The van der Waals surface area contributed by atoms with Crippen LogP contribution in [0.5, 0.6) is 11.5 Å². The zero-order chi connectivity index (χ0) is 24.3. The average molecular weight is 452 g/mol. The highest BCUT2D eigenvalue weighted by Gasteiger charge is 2.40. The molecule has 0 aliphatic carbocycles. The van der Waals surface area contributed by atoms with Gasteiger partial charge in [0, 0.05) is 14.1 Å². The van der Waals surface area contributed by atoms with Crippen molar-refractivity contribution in [1.29, 1.82) is 0 Å². The van der Waals surface area contributed by atoms with Gasteiger partial charge in [-0.15, -0.1) is 0 Å². The van der Waals surface area contributed by atoms with Gasteiger partial charge < -0.3 is 37.6 Å². The average Bonchev–Trinajstić information content (AvgIpc) is 3.26. The van der Waals surface area contributed by atoms with Crippen LogP contribution in [0, 0.1) is 0 Å². The van der Waals surface area contributed by atoms with Crippen LogP contribution in [0.2, 0.25) is 0 Å². The van der Waals surface area contributed by atoms with Gasteiger partial charge in [0.1, 0.15) is 11.4 Å². The second-order valence-electron chi connectivity index (χ2n) is 6.30. The molecule has 2 heterocycles. The standard InChI is InChI=1S/C20H24N2O10/c1-21-11(17(23)29-5)9(15(27-3)13(21)19(25)31-7)10-12(18(24)30-6)22(2)14(16(10)28-4)20(26)32-8/h1-8H3. The van der Waals surface area contributed by atoms with Gasteiger partial charge in [-0.05, 0) is 0 Å². The van der Waals surface area contributed by atoms with Crippen molar-refractivity contribution < 1.29 is 47.6 Å². The topological polar surface area (TPSA) is 134 Å². The molecule has 12 heteroatoms. The number of hydrogen-bond acceptors (Lipinski definition) is 10. The number of methoxy groups -OCH3 is 6. The number of hydrogen-bond donors (Lipinski definition) is 0. The fourth-order valence-corrected chi connectivity index (χ4v) is 3.50. The monoisotopic (exact) mass is 452 g/mol. The minimum atomic E-state index is -0.850. The van der Waals surface area contributed by atoms with Crippen LogP contribution in [0.1, 0.15) is 42.0 Å². The lowest BCUT2D eigenvalue weighted by Gasteiger charge is -2.10. The minimum absolute atomic E-state index is 0.0368. The molecular formula is C20H24N2O10. The van der Waals surface area contributed by atoms with Crippen LogP contribution >= 0.6 is 0 Å². The van der Waals surface area contributed by atoms with E-state index >= 15 is 0 Å². The van der Waals surface area contributed by atoms with Crippen LogP contribution in [0.4, 0.5) is 0 Å². The molecule has 0 bridgehead atoms. The molecule has 0 amide bonds. The van der Waals surface area contributed by atoms with Gasteiger partial charge in [-0.1, -0.05) is 0 Å². The Kier molecular flexibility index (Phi) is 7.18. The Morgan fingerprint density at radius 1 is 0.500 bits per heavy atom. The molecule has 2 aromatic rings. The number of esters is 4. The van der Waals surface area contributed by atoms with Crippen LogP contribution in [0.3, 0.4) is 0 Å². The first-order valence-corrected chi connectivity index (χ1v) is 9.03. The Morgan fingerprint density at radius 2 is 0.750 bits per heavy atom. The number of carbonyl (C=O) groups is 4. The smallest absolute Gasteiger partial charge is 0.358 e. The number of ether oxygens (including phenoxy) is 6. The predicted octanol–water partition coefficient (Wildman–Crippen LogP) is 1.19. The molecule has 32 heavy (non-hydrogen) atoms. The highest BCUT2D eigenvalue weighted by molar-refractivity contribution is 6.11. The van der Waals surface area contributed by atoms with E-state index in [9.17, 15) is 19.2 Å². The quantitative estimate of drug-likeness (QED) is 0.445. The summed E-state index contributed by atoms with van der Waals surface area (Å²) in [6.07, 6.45) is 0. The van der Waals surface area contributed by atoms with Crippen molar-refractivity contribution in [3.8, 4) is 22.6 Å². The molecule has 0 saturated heterocycles. The molecule has 0 spiro atoms.